The van der Waals surface area contributed by atoms with Gasteiger partial charge in [0.25, 0.3) is 0 Å². The van der Waals surface area contributed by atoms with Gasteiger partial charge in [-0.15, -0.1) is 0 Å². The van der Waals surface area contributed by atoms with Crippen LogP contribution >= 0.6 is 0 Å². The summed E-state index contributed by atoms with van der Waals surface area (Å²) in [6, 6.07) is 0.404. The van der Waals surface area contributed by atoms with Crippen LogP contribution in [0.2, 0.25) is 0 Å². The average molecular weight is 274 g/mol. The van der Waals surface area contributed by atoms with Crippen molar-refractivity contribution < 1.29 is 64.3 Å². The van der Waals surface area contributed by atoms with E-state index in [4.69, 9.17) is 0 Å². The second kappa shape index (κ2) is 6.72. The molecule has 0 N–H and O–H groups in total. The van der Waals surface area contributed by atoms with Gasteiger partial charge in [-0.05, 0) is 32.8 Å². The molecule has 0 aromatic heterocycles. The van der Waals surface area contributed by atoms with Gasteiger partial charge < -0.3 is 17.8 Å². The van der Waals surface area contributed by atoms with E-state index >= 15 is 0 Å². The third-order valence-electron chi connectivity index (χ3n) is 3.76. The Bertz CT molecular complexity index is 252. The first-order chi connectivity index (χ1) is 7.46. The molecule has 2 nitrogen and oxygen atoms in total. The van der Waals surface area contributed by atoms with Crippen LogP contribution in [-0.2, 0) is 0 Å². The van der Waals surface area contributed by atoms with Gasteiger partial charge >= 0.3 is 58.4 Å². The van der Waals surface area contributed by atoms with E-state index in [2.05, 4.69) is 4.90 Å². The van der Waals surface area contributed by atoms with Crippen LogP contribution in [0.3, 0.4) is 0 Å². The number of nitrogens with zero attached hydrogens (tertiary/aromatic N) is 2. The van der Waals surface area contributed by atoms with Crippen LogP contribution in [0.25, 0.3) is 0 Å². The molecule has 2 atom stereocenters. The number of hydrogen-bond acceptors (Lipinski definition) is 2. The summed E-state index contributed by atoms with van der Waals surface area (Å²) >= 11 is 0. The Hall–Kier alpha value is 1.41. The molecule has 0 bridgehead atoms. The van der Waals surface area contributed by atoms with Crippen molar-refractivity contribution in [2.75, 3.05) is 26.1 Å². The number of halogens is 3. The monoisotopic (exact) mass is 274 g/mol. The number of piperazine rings is 1. The van der Waals surface area contributed by atoms with Gasteiger partial charge in [-0.3, -0.25) is 4.90 Å². The second-order valence-electron chi connectivity index (χ2n) is 5.16. The molecule has 0 spiro atoms. The van der Waals surface area contributed by atoms with Crippen molar-refractivity contribution in [2.24, 2.45) is 0 Å². The van der Waals surface area contributed by atoms with E-state index in [-0.39, 0.29) is 57.4 Å². The molecule has 2 fully saturated rings. The van der Waals surface area contributed by atoms with Crippen molar-refractivity contribution in [3.63, 3.8) is 0 Å². The molecule has 0 amide bonds. The first-order valence-electron chi connectivity index (χ1n) is 6.15. The van der Waals surface area contributed by atoms with Gasteiger partial charge in [-0.2, -0.15) is 0 Å². The first kappa shape index (κ1) is 16.5. The summed E-state index contributed by atoms with van der Waals surface area (Å²) in [5.74, 6) is 0. The van der Waals surface area contributed by atoms with Crippen LogP contribution in [0.1, 0.15) is 26.2 Å². The Morgan fingerprint density at radius 3 is 2.53 bits per heavy atom. The maximum Gasteiger partial charge on any atom is 1.00 e. The van der Waals surface area contributed by atoms with Gasteiger partial charge in [0.2, 0.25) is 0 Å². The fourth-order valence-electron chi connectivity index (χ4n) is 2.93. The molecule has 0 saturated carbocycles. The SMILES string of the molecule is CC1CN2CCCCC2CN1C[B-](F)(F)F.[K+]. The Morgan fingerprint density at radius 2 is 1.88 bits per heavy atom. The minimum Gasteiger partial charge on any atom is -0.448 e. The summed E-state index contributed by atoms with van der Waals surface area (Å²) in [6.45, 7) is -0.301. The number of piperidine rings is 1. The summed E-state index contributed by atoms with van der Waals surface area (Å²) in [4.78, 5) is 3.99. The van der Waals surface area contributed by atoms with Gasteiger partial charge in [-0.1, -0.05) is 6.42 Å². The van der Waals surface area contributed by atoms with Crippen molar-refractivity contribution in [3.8, 4) is 0 Å². The molecule has 17 heavy (non-hydrogen) atoms. The van der Waals surface area contributed by atoms with Gasteiger partial charge in [0.1, 0.15) is 0 Å². The molecule has 2 rings (SSSR count). The summed E-state index contributed by atoms with van der Waals surface area (Å²) in [6.07, 6.45) is 2.74. The predicted octanol–water partition coefficient (Wildman–Crippen LogP) is -1.06. The third kappa shape index (κ3) is 4.78. The normalized spacial score (nSPS) is 31.8. The standard InChI is InChI=1S/C10H19BF3N2.K/c1-9-6-15-5-3-2-4-10(15)7-16(9)8-11(12,13)14;/h9-10H,2-8H2,1H3;/q-1;+1. The molecule has 2 heterocycles. The topological polar surface area (TPSA) is 6.48 Å². The molecule has 2 saturated heterocycles. The van der Waals surface area contributed by atoms with Crippen LogP contribution in [0, 0.1) is 0 Å². The van der Waals surface area contributed by atoms with Crippen LogP contribution in [0.4, 0.5) is 12.9 Å². The molecule has 0 aromatic rings. The first-order valence-corrected chi connectivity index (χ1v) is 6.15. The van der Waals surface area contributed by atoms with Gasteiger partial charge in [-0.25, -0.2) is 0 Å². The minimum atomic E-state index is -4.68. The molecule has 2 aliphatic heterocycles. The van der Waals surface area contributed by atoms with Crippen LogP contribution in [0.5, 0.6) is 0 Å². The zero-order valence-corrected chi connectivity index (χ0v) is 13.8. The molecule has 0 aromatic carbocycles. The van der Waals surface area contributed by atoms with Crippen molar-refractivity contribution in [3.05, 3.63) is 0 Å². The summed E-state index contributed by atoms with van der Waals surface area (Å²) in [5, 5.41) is 0. The fourth-order valence-corrected chi connectivity index (χ4v) is 2.93. The van der Waals surface area contributed by atoms with Crippen molar-refractivity contribution in [2.45, 2.75) is 38.3 Å². The third-order valence-corrected chi connectivity index (χ3v) is 3.76. The molecule has 0 radical (unpaired) electrons. The minimum absolute atomic E-state index is 0. The predicted molar refractivity (Wildman–Crippen MR) is 59.3 cm³/mol. The second-order valence-corrected chi connectivity index (χ2v) is 5.16. The zero-order chi connectivity index (χ0) is 11.8. The van der Waals surface area contributed by atoms with Crippen LogP contribution in [0.15, 0.2) is 0 Å². The molecule has 0 aliphatic carbocycles. The fraction of sp³-hybridized carbons (Fsp3) is 1.00. The Labute approximate surface area is 144 Å². The summed E-state index contributed by atoms with van der Waals surface area (Å²) in [7, 11) is 0. The van der Waals surface area contributed by atoms with Crippen LogP contribution in [-0.4, -0.2) is 54.9 Å². The van der Waals surface area contributed by atoms with Crippen molar-refractivity contribution in [1.29, 1.82) is 0 Å². The van der Waals surface area contributed by atoms with E-state index in [1.54, 1.807) is 4.90 Å². The Balaban J connectivity index is 0.00000144. The zero-order valence-electron chi connectivity index (χ0n) is 10.7. The van der Waals surface area contributed by atoms with E-state index in [9.17, 15) is 12.9 Å². The molecular formula is C10H19BF3KN2. The van der Waals surface area contributed by atoms with Crippen molar-refractivity contribution >= 4 is 6.98 Å². The van der Waals surface area contributed by atoms with Gasteiger partial charge in [0.05, 0.1) is 0 Å². The largest absolute Gasteiger partial charge is 1.00 e. The quantitative estimate of drug-likeness (QED) is 0.592. The average Bonchev–Trinajstić information content (AvgIpc) is 2.17. The molecule has 2 aliphatic rings. The maximum atomic E-state index is 12.4. The summed E-state index contributed by atoms with van der Waals surface area (Å²) < 4.78 is 37.3. The Morgan fingerprint density at radius 1 is 1.18 bits per heavy atom. The smallest absolute Gasteiger partial charge is 0.448 e. The number of rotatable bonds is 2. The summed E-state index contributed by atoms with van der Waals surface area (Å²) in [5.41, 5.74) is 0. The van der Waals surface area contributed by atoms with Crippen LogP contribution < -0.4 is 51.4 Å². The molecule has 94 valence electrons. The Kier molecular flexibility index (Phi) is 6.51. The molecular weight excluding hydrogens is 255 g/mol. The maximum absolute atomic E-state index is 12.4. The molecule has 7 heteroatoms. The van der Waals surface area contributed by atoms with Gasteiger partial charge in [0.15, 0.2) is 0 Å². The van der Waals surface area contributed by atoms with Gasteiger partial charge in [0, 0.05) is 25.2 Å². The van der Waals surface area contributed by atoms with E-state index in [1.165, 1.54) is 12.8 Å². The molecule has 2 unspecified atom stereocenters. The van der Waals surface area contributed by atoms with Crippen molar-refractivity contribution in [1.82, 2.24) is 9.80 Å². The van der Waals surface area contributed by atoms with E-state index < -0.39 is 13.4 Å². The van der Waals surface area contributed by atoms with E-state index in [0.717, 1.165) is 19.5 Å². The van der Waals surface area contributed by atoms with E-state index in [0.29, 0.717) is 12.6 Å². The number of hydrogen-bond donors (Lipinski definition) is 0. The van der Waals surface area contributed by atoms with E-state index in [1.807, 2.05) is 6.92 Å². The number of fused-ring (bicyclic) bond motifs is 1.